The maximum atomic E-state index is 12.6. The van der Waals surface area contributed by atoms with E-state index >= 15 is 0 Å². The van der Waals surface area contributed by atoms with Crippen molar-refractivity contribution >= 4 is 17.5 Å². The van der Waals surface area contributed by atoms with Gasteiger partial charge in [-0.3, -0.25) is 4.79 Å². The number of aromatic nitrogens is 2. The van der Waals surface area contributed by atoms with Crippen LogP contribution < -0.4 is 15.4 Å². The van der Waals surface area contributed by atoms with Crippen molar-refractivity contribution in [3.63, 3.8) is 0 Å². The lowest BCUT2D eigenvalue weighted by Gasteiger charge is -2.11. The predicted octanol–water partition coefficient (Wildman–Crippen LogP) is 4.27. The van der Waals surface area contributed by atoms with Gasteiger partial charge in [-0.2, -0.15) is 0 Å². The summed E-state index contributed by atoms with van der Waals surface area (Å²) >= 11 is 0. The van der Waals surface area contributed by atoms with Crippen molar-refractivity contribution in [2.24, 2.45) is 0 Å². The fourth-order valence-corrected chi connectivity index (χ4v) is 2.98. The Hall–Kier alpha value is -3.41. The number of carbonyl (C=O) groups is 1. The van der Waals surface area contributed by atoms with E-state index in [1.54, 1.807) is 20.2 Å². The second-order valence-corrected chi connectivity index (χ2v) is 6.73. The van der Waals surface area contributed by atoms with Gasteiger partial charge in [-0.15, -0.1) is 0 Å². The molecule has 0 aliphatic rings. The minimum Gasteiger partial charge on any atom is -0.497 e. The van der Waals surface area contributed by atoms with E-state index in [1.165, 1.54) is 0 Å². The first kappa shape index (κ1) is 19.4. The van der Waals surface area contributed by atoms with Crippen LogP contribution in [0.1, 0.15) is 32.7 Å². The number of aryl methyl sites for hydroxylation is 3. The van der Waals surface area contributed by atoms with Gasteiger partial charge in [-0.25, -0.2) is 9.97 Å². The first-order valence-electron chi connectivity index (χ1n) is 9.04. The molecule has 0 aliphatic heterocycles. The molecule has 1 heterocycles. The average molecular weight is 376 g/mol. The molecule has 1 aromatic heterocycles. The average Bonchev–Trinajstić information content (AvgIpc) is 2.65. The largest absolute Gasteiger partial charge is 0.497 e. The number of hydrogen-bond acceptors (Lipinski definition) is 5. The number of benzene rings is 2. The van der Waals surface area contributed by atoms with Crippen molar-refractivity contribution in [2.75, 3.05) is 17.7 Å². The molecule has 0 radical (unpaired) electrons. The second-order valence-electron chi connectivity index (χ2n) is 6.73. The molecular formula is C22H24N4O2. The summed E-state index contributed by atoms with van der Waals surface area (Å²) in [6.07, 6.45) is 1.55. The van der Waals surface area contributed by atoms with Crippen LogP contribution >= 0.6 is 0 Å². The van der Waals surface area contributed by atoms with Crippen LogP contribution in [-0.2, 0) is 6.54 Å². The summed E-state index contributed by atoms with van der Waals surface area (Å²) in [4.78, 5) is 21.3. The third kappa shape index (κ3) is 4.85. The molecular weight excluding hydrogens is 352 g/mol. The highest BCUT2D eigenvalue weighted by Gasteiger charge is 2.12. The third-order valence-electron chi connectivity index (χ3n) is 4.29. The lowest BCUT2D eigenvalue weighted by Crippen LogP contribution is -2.16. The fourth-order valence-electron chi connectivity index (χ4n) is 2.98. The van der Waals surface area contributed by atoms with Gasteiger partial charge in [0, 0.05) is 18.4 Å². The second kappa shape index (κ2) is 8.52. The van der Waals surface area contributed by atoms with Crippen LogP contribution in [0, 0.1) is 20.8 Å². The van der Waals surface area contributed by atoms with E-state index in [1.807, 2.05) is 50.2 Å². The standard InChI is InChI=1S/C22H24N4O2/c1-14-8-15(2)10-18(9-14)26-21(27)20-13-24-22(25-16(20)3)23-12-17-6-5-7-19(11-17)28-4/h5-11,13H,12H2,1-4H3,(H,26,27)(H,23,24,25). The molecule has 28 heavy (non-hydrogen) atoms. The van der Waals surface area contributed by atoms with E-state index < -0.39 is 0 Å². The summed E-state index contributed by atoms with van der Waals surface area (Å²) in [6, 6.07) is 13.7. The van der Waals surface area contributed by atoms with Crippen molar-refractivity contribution in [2.45, 2.75) is 27.3 Å². The van der Waals surface area contributed by atoms with Crippen LogP contribution in [0.25, 0.3) is 0 Å². The highest BCUT2D eigenvalue weighted by molar-refractivity contribution is 6.04. The Morgan fingerprint density at radius 2 is 1.82 bits per heavy atom. The van der Waals surface area contributed by atoms with E-state index in [4.69, 9.17) is 4.74 Å². The fraction of sp³-hybridized carbons (Fsp3) is 0.227. The minimum atomic E-state index is -0.221. The molecule has 0 fully saturated rings. The first-order chi connectivity index (χ1) is 13.4. The van der Waals surface area contributed by atoms with E-state index in [0.717, 1.165) is 28.1 Å². The number of hydrogen-bond donors (Lipinski definition) is 2. The van der Waals surface area contributed by atoms with Gasteiger partial charge in [0.25, 0.3) is 5.91 Å². The van der Waals surface area contributed by atoms with E-state index in [9.17, 15) is 4.79 Å². The molecule has 1 amide bonds. The minimum absolute atomic E-state index is 0.221. The van der Waals surface area contributed by atoms with Crippen LogP contribution in [0.4, 0.5) is 11.6 Å². The topological polar surface area (TPSA) is 76.1 Å². The molecule has 0 atom stereocenters. The van der Waals surface area contributed by atoms with Gasteiger partial charge in [0.15, 0.2) is 0 Å². The lowest BCUT2D eigenvalue weighted by atomic mass is 10.1. The maximum Gasteiger partial charge on any atom is 0.259 e. The van der Waals surface area contributed by atoms with Crippen LogP contribution in [0.5, 0.6) is 5.75 Å². The normalized spacial score (nSPS) is 10.4. The van der Waals surface area contributed by atoms with Crippen molar-refractivity contribution < 1.29 is 9.53 Å². The quantitative estimate of drug-likeness (QED) is 0.672. The molecule has 144 valence electrons. The van der Waals surface area contributed by atoms with E-state index in [0.29, 0.717) is 23.8 Å². The van der Waals surface area contributed by atoms with Crippen LogP contribution in [0.15, 0.2) is 48.7 Å². The molecule has 6 heteroatoms. The highest BCUT2D eigenvalue weighted by atomic mass is 16.5. The summed E-state index contributed by atoms with van der Waals surface area (Å²) in [7, 11) is 1.64. The van der Waals surface area contributed by atoms with Crippen LogP contribution in [-0.4, -0.2) is 23.0 Å². The van der Waals surface area contributed by atoms with E-state index in [-0.39, 0.29) is 5.91 Å². The highest BCUT2D eigenvalue weighted by Crippen LogP contribution is 2.17. The number of amides is 1. The van der Waals surface area contributed by atoms with Gasteiger partial charge >= 0.3 is 0 Å². The van der Waals surface area contributed by atoms with Gasteiger partial charge in [-0.1, -0.05) is 18.2 Å². The summed E-state index contributed by atoms with van der Waals surface area (Å²) in [5, 5.41) is 6.09. The number of methoxy groups -OCH3 is 1. The number of carbonyl (C=O) groups excluding carboxylic acids is 1. The summed E-state index contributed by atoms with van der Waals surface area (Å²) in [5.41, 5.74) is 5.08. The van der Waals surface area contributed by atoms with Crippen LogP contribution in [0.2, 0.25) is 0 Å². The molecule has 0 bridgehead atoms. The SMILES string of the molecule is COc1cccc(CNc2ncc(C(=O)Nc3cc(C)cc(C)c3)c(C)n2)c1. The molecule has 0 aliphatic carbocycles. The lowest BCUT2D eigenvalue weighted by molar-refractivity contribution is 0.102. The van der Waals surface area contributed by atoms with Crippen molar-refractivity contribution in [1.82, 2.24) is 9.97 Å². The number of nitrogens with one attached hydrogen (secondary N) is 2. The van der Waals surface area contributed by atoms with Gasteiger partial charge in [0.2, 0.25) is 5.95 Å². The Bertz CT molecular complexity index is 981. The zero-order chi connectivity index (χ0) is 20.1. The van der Waals surface area contributed by atoms with Gasteiger partial charge < -0.3 is 15.4 Å². The van der Waals surface area contributed by atoms with Crippen LogP contribution in [0.3, 0.4) is 0 Å². The Labute approximate surface area is 165 Å². The van der Waals surface area contributed by atoms with E-state index in [2.05, 4.69) is 26.7 Å². The first-order valence-corrected chi connectivity index (χ1v) is 9.04. The summed E-state index contributed by atoms with van der Waals surface area (Å²) < 4.78 is 5.23. The maximum absolute atomic E-state index is 12.6. The summed E-state index contributed by atoms with van der Waals surface area (Å²) in [5.74, 6) is 1.06. The number of anilines is 2. The van der Waals surface area contributed by atoms with Crippen molar-refractivity contribution in [1.29, 1.82) is 0 Å². The molecule has 2 aromatic carbocycles. The molecule has 0 saturated heterocycles. The Balaban J connectivity index is 1.68. The Morgan fingerprint density at radius 3 is 2.50 bits per heavy atom. The number of nitrogens with zero attached hydrogens (tertiary/aromatic N) is 2. The Kier molecular flexibility index (Phi) is 5.89. The molecule has 3 aromatic rings. The number of rotatable bonds is 6. The smallest absolute Gasteiger partial charge is 0.259 e. The number of ether oxygens (including phenoxy) is 1. The molecule has 0 saturated carbocycles. The van der Waals surface area contributed by atoms with Gasteiger partial charge in [0.05, 0.1) is 18.4 Å². The predicted molar refractivity (Wildman–Crippen MR) is 111 cm³/mol. The monoisotopic (exact) mass is 376 g/mol. The third-order valence-corrected chi connectivity index (χ3v) is 4.29. The zero-order valence-electron chi connectivity index (χ0n) is 16.5. The van der Waals surface area contributed by atoms with Crippen molar-refractivity contribution in [3.8, 4) is 5.75 Å². The molecule has 2 N–H and O–H groups in total. The summed E-state index contributed by atoms with van der Waals surface area (Å²) in [6.45, 7) is 6.36. The zero-order valence-corrected chi connectivity index (χ0v) is 16.5. The molecule has 0 unspecified atom stereocenters. The molecule has 0 spiro atoms. The molecule has 3 rings (SSSR count). The van der Waals surface area contributed by atoms with Crippen molar-refractivity contribution in [3.05, 3.63) is 76.6 Å². The molecule has 6 nitrogen and oxygen atoms in total. The van der Waals surface area contributed by atoms with Gasteiger partial charge in [-0.05, 0) is 61.7 Å². The Morgan fingerprint density at radius 1 is 1.07 bits per heavy atom. The van der Waals surface area contributed by atoms with Gasteiger partial charge in [0.1, 0.15) is 5.75 Å².